The van der Waals surface area contributed by atoms with Crippen LogP contribution in [0.25, 0.3) is 0 Å². The highest BCUT2D eigenvalue weighted by Gasteiger charge is 2.45. The van der Waals surface area contributed by atoms with Gasteiger partial charge in [0, 0.05) is 18.2 Å². The van der Waals surface area contributed by atoms with Crippen LogP contribution < -0.4 is 0 Å². The Morgan fingerprint density at radius 2 is 1.55 bits per heavy atom. The van der Waals surface area contributed by atoms with Crippen LogP contribution in [0.15, 0.2) is 77.3 Å². The fourth-order valence-electron chi connectivity index (χ4n) is 4.36. The van der Waals surface area contributed by atoms with Gasteiger partial charge in [-0.15, -0.1) is 0 Å². The SMILES string of the molecule is Oc1ccc(Br)c(F)c1CN1CCC[C@H]1C(O)(c1ccccc1)c1ccccc1. The van der Waals surface area contributed by atoms with Crippen LogP contribution in [0.1, 0.15) is 29.5 Å². The molecular formula is C24H23BrFNO2. The lowest BCUT2D eigenvalue weighted by atomic mass is 9.79. The van der Waals surface area contributed by atoms with Crippen molar-refractivity contribution in [1.29, 1.82) is 0 Å². The Bertz CT molecular complexity index is 941. The van der Waals surface area contributed by atoms with E-state index in [0.717, 1.165) is 30.5 Å². The van der Waals surface area contributed by atoms with Gasteiger partial charge in [0.15, 0.2) is 0 Å². The van der Waals surface area contributed by atoms with Crippen molar-refractivity contribution in [3.8, 4) is 5.75 Å². The average Bonchev–Trinajstić information content (AvgIpc) is 3.23. The first-order chi connectivity index (χ1) is 14.0. The number of halogens is 2. The molecule has 0 saturated carbocycles. The third-order valence-electron chi connectivity index (χ3n) is 5.81. The Labute approximate surface area is 178 Å². The molecule has 5 heteroatoms. The molecule has 4 rings (SSSR count). The summed E-state index contributed by atoms with van der Waals surface area (Å²) < 4.78 is 15.0. The maximum Gasteiger partial charge on any atom is 0.145 e. The van der Waals surface area contributed by atoms with E-state index in [1.807, 2.05) is 60.7 Å². The molecule has 0 aromatic heterocycles. The van der Waals surface area contributed by atoms with Gasteiger partial charge in [-0.1, -0.05) is 60.7 Å². The second-order valence-electron chi connectivity index (χ2n) is 7.49. The number of phenolic OH excluding ortho intramolecular Hbond substituents is 1. The van der Waals surface area contributed by atoms with Gasteiger partial charge in [0.1, 0.15) is 17.2 Å². The molecule has 150 valence electrons. The summed E-state index contributed by atoms with van der Waals surface area (Å²) in [6.07, 6.45) is 1.67. The van der Waals surface area contributed by atoms with Crippen molar-refractivity contribution in [3.63, 3.8) is 0 Å². The molecule has 3 aromatic rings. The predicted octanol–water partition coefficient (Wildman–Crippen LogP) is 5.19. The van der Waals surface area contributed by atoms with Crippen LogP contribution in [-0.4, -0.2) is 27.7 Å². The molecule has 0 radical (unpaired) electrons. The van der Waals surface area contributed by atoms with Gasteiger partial charge in [-0.25, -0.2) is 4.39 Å². The molecule has 1 aliphatic heterocycles. The highest BCUT2D eigenvalue weighted by atomic mass is 79.9. The van der Waals surface area contributed by atoms with Crippen LogP contribution >= 0.6 is 15.9 Å². The number of likely N-dealkylation sites (tertiary alicyclic amines) is 1. The van der Waals surface area contributed by atoms with Crippen LogP contribution in [0.3, 0.4) is 0 Å². The number of phenols is 1. The summed E-state index contributed by atoms with van der Waals surface area (Å²) >= 11 is 3.20. The molecule has 1 heterocycles. The smallest absolute Gasteiger partial charge is 0.145 e. The van der Waals surface area contributed by atoms with Crippen LogP contribution in [0.5, 0.6) is 5.75 Å². The quantitative estimate of drug-likeness (QED) is 0.555. The lowest BCUT2D eigenvalue weighted by molar-refractivity contribution is -0.00704. The average molecular weight is 456 g/mol. The third kappa shape index (κ3) is 3.70. The van der Waals surface area contributed by atoms with E-state index >= 15 is 0 Å². The van der Waals surface area contributed by atoms with Gasteiger partial charge in [-0.2, -0.15) is 0 Å². The van der Waals surface area contributed by atoms with E-state index in [0.29, 0.717) is 4.47 Å². The molecule has 29 heavy (non-hydrogen) atoms. The number of aromatic hydroxyl groups is 1. The van der Waals surface area contributed by atoms with Crippen LogP contribution in [0.4, 0.5) is 4.39 Å². The molecule has 1 saturated heterocycles. The number of benzene rings is 3. The maximum absolute atomic E-state index is 14.7. The Morgan fingerprint density at radius 3 is 2.14 bits per heavy atom. The number of nitrogens with zero attached hydrogens (tertiary/aromatic N) is 1. The van der Waals surface area contributed by atoms with Gasteiger partial charge in [-0.3, -0.25) is 4.90 Å². The summed E-state index contributed by atoms with van der Waals surface area (Å²) in [6.45, 7) is 0.946. The van der Waals surface area contributed by atoms with Crippen molar-refractivity contribution < 1.29 is 14.6 Å². The lowest BCUT2D eigenvalue weighted by Crippen LogP contribution is -2.48. The van der Waals surface area contributed by atoms with Crippen LogP contribution in [0.2, 0.25) is 0 Å². The molecule has 1 fully saturated rings. The summed E-state index contributed by atoms with van der Waals surface area (Å²) in [5.41, 5.74) is 0.621. The number of rotatable bonds is 5. The first-order valence-corrected chi connectivity index (χ1v) is 10.5. The second-order valence-corrected chi connectivity index (χ2v) is 8.34. The molecule has 0 unspecified atom stereocenters. The molecule has 3 aromatic carbocycles. The Balaban J connectivity index is 1.76. The van der Waals surface area contributed by atoms with Gasteiger partial charge in [0.2, 0.25) is 0 Å². The first kappa shape index (κ1) is 20.1. The number of hydrogen-bond acceptors (Lipinski definition) is 3. The maximum atomic E-state index is 14.7. The summed E-state index contributed by atoms with van der Waals surface area (Å²) in [5, 5.41) is 22.3. The monoisotopic (exact) mass is 455 g/mol. The first-order valence-electron chi connectivity index (χ1n) is 9.75. The minimum Gasteiger partial charge on any atom is -0.508 e. The molecule has 2 N–H and O–H groups in total. The Kier molecular flexibility index (Phi) is 5.72. The topological polar surface area (TPSA) is 43.7 Å². The molecule has 0 amide bonds. The zero-order valence-corrected chi connectivity index (χ0v) is 17.5. The zero-order chi connectivity index (χ0) is 20.4. The fourth-order valence-corrected chi connectivity index (χ4v) is 4.73. The van der Waals surface area contributed by atoms with E-state index in [2.05, 4.69) is 20.8 Å². The Hall–Kier alpha value is -2.21. The molecule has 1 atom stereocenters. The standard InChI is InChI=1S/C24H23BrFNO2/c25-20-13-14-21(28)19(23(20)26)16-27-15-7-12-22(27)24(29,17-8-3-1-4-9-17)18-10-5-2-6-11-18/h1-6,8-11,13-14,22,28-29H,7,12,15-16H2/t22-/m0/s1. The van der Waals surface area contributed by atoms with E-state index in [1.54, 1.807) is 0 Å². The largest absolute Gasteiger partial charge is 0.508 e. The van der Waals surface area contributed by atoms with Crippen LogP contribution in [-0.2, 0) is 12.1 Å². The summed E-state index contributed by atoms with van der Waals surface area (Å²) in [6, 6.07) is 22.0. The van der Waals surface area contributed by atoms with E-state index in [9.17, 15) is 14.6 Å². The molecule has 0 bridgehead atoms. The van der Waals surface area contributed by atoms with Gasteiger partial charge >= 0.3 is 0 Å². The second kappa shape index (κ2) is 8.27. The summed E-state index contributed by atoms with van der Waals surface area (Å²) in [5.74, 6) is -0.530. The number of aliphatic hydroxyl groups is 1. The fraction of sp³-hybridized carbons (Fsp3) is 0.250. The molecule has 0 spiro atoms. The van der Waals surface area contributed by atoms with Gasteiger partial charge in [0.25, 0.3) is 0 Å². The third-order valence-corrected chi connectivity index (χ3v) is 6.42. The molecular weight excluding hydrogens is 433 g/mol. The lowest BCUT2D eigenvalue weighted by Gasteiger charge is -2.40. The normalized spacial score (nSPS) is 17.6. The highest BCUT2D eigenvalue weighted by molar-refractivity contribution is 9.10. The zero-order valence-electron chi connectivity index (χ0n) is 15.9. The van der Waals surface area contributed by atoms with E-state index < -0.39 is 11.4 Å². The van der Waals surface area contributed by atoms with Crippen molar-refractivity contribution >= 4 is 15.9 Å². The van der Waals surface area contributed by atoms with Crippen molar-refractivity contribution in [2.24, 2.45) is 0 Å². The van der Waals surface area contributed by atoms with Gasteiger partial charge in [0.05, 0.1) is 4.47 Å². The van der Waals surface area contributed by atoms with Crippen molar-refractivity contribution in [2.75, 3.05) is 6.54 Å². The van der Waals surface area contributed by atoms with Gasteiger partial charge in [-0.05, 0) is 58.6 Å². The summed E-state index contributed by atoms with van der Waals surface area (Å²) in [4.78, 5) is 2.07. The molecule has 3 nitrogen and oxygen atoms in total. The Morgan fingerprint density at radius 1 is 0.966 bits per heavy atom. The van der Waals surface area contributed by atoms with Crippen molar-refractivity contribution in [1.82, 2.24) is 4.90 Å². The molecule has 1 aliphatic rings. The molecule has 0 aliphatic carbocycles. The highest BCUT2D eigenvalue weighted by Crippen LogP contribution is 2.41. The minimum absolute atomic E-state index is 0.0701. The summed E-state index contributed by atoms with van der Waals surface area (Å²) in [7, 11) is 0. The minimum atomic E-state index is -1.24. The van der Waals surface area contributed by atoms with Crippen LogP contribution in [0, 0.1) is 5.82 Å². The van der Waals surface area contributed by atoms with E-state index in [4.69, 9.17) is 0 Å². The van der Waals surface area contributed by atoms with Gasteiger partial charge < -0.3 is 10.2 Å². The predicted molar refractivity (Wildman–Crippen MR) is 115 cm³/mol. The van der Waals surface area contributed by atoms with E-state index in [1.165, 1.54) is 12.1 Å². The van der Waals surface area contributed by atoms with E-state index in [-0.39, 0.29) is 23.9 Å². The van der Waals surface area contributed by atoms with Crippen molar-refractivity contribution in [2.45, 2.75) is 31.0 Å². The number of hydrogen-bond donors (Lipinski definition) is 2. The van der Waals surface area contributed by atoms with Crippen molar-refractivity contribution in [3.05, 3.63) is 99.8 Å².